The van der Waals surface area contributed by atoms with Gasteiger partial charge in [-0.1, -0.05) is 12.1 Å². The van der Waals surface area contributed by atoms with Gasteiger partial charge in [0.05, 0.1) is 5.52 Å². The molecule has 1 heterocycles. The molecule has 23 heavy (non-hydrogen) atoms. The summed E-state index contributed by atoms with van der Waals surface area (Å²) in [6.07, 6.45) is 1.53. The van der Waals surface area contributed by atoms with Crippen molar-refractivity contribution < 1.29 is 10.0 Å². The Morgan fingerprint density at radius 1 is 0.957 bits per heavy atom. The Morgan fingerprint density at radius 3 is 2.26 bits per heavy atom. The van der Waals surface area contributed by atoms with Crippen molar-refractivity contribution in [3.8, 4) is 0 Å². The number of rotatable bonds is 3. The van der Waals surface area contributed by atoms with Gasteiger partial charge in [-0.2, -0.15) is 0 Å². The van der Waals surface area contributed by atoms with E-state index in [1.807, 2.05) is 6.07 Å². The molecule has 0 fully saturated rings. The van der Waals surface area contributed by atoms with Crippen LogP contribution >= 0.6 is 12.4 Å². The van der Waals surface area contributed by atoms with Crippen LogP contribution in [0.3, 0.4) is 0 Å². The molecule has 0 aliphatic heterocycles. The summed E-state index contributed by atoms with van der Waals surface area (Å²) < 4.78 is 0. The molecule has 0 radical (unpaired) electrons. The maximum atomic E-state index is 9.12. The lowest BCUT2D eigenvalue weighted by Gasteiger charge is -2.10. The number of anilines is 2. The van der Waals surface area contributed by atoms with Crippen molar-refractivity contribution in [2.75, 3.05) is 5.32 Å². The van der Waals surface area contributed by atoms with Crippen LogP contribution in [0.15, 0.2) is 42.7 Å². The highest BCUT2D eigenvalue weighted by atomic mass is 35.5. The summed E-state index contributed by atoms with van der Waals surface area (Å²) in [7, 11) is -1.46. The first-order valence-electron chi connectivity index (χ1n) is 6.99. The number of aromatic nitrogens is 2. The topological polar surface area (TPSA) is 78.3 Å². The van der Waals surface area contributed by atoms with E-state index in [1.54, 1.807) is 24.3 Å². The lowest BCUT2D eigenvalue weighted by atomic mass is 9.80. The van der Waals surface area contributed by atoms with Gasteiger partial charge in [0.1, 0.15) is 12.1 Å². The predicted octanol–water partition coefficient (Wildman–Crippen LogP) is 2.09. The van der Waals surface area contributed by atoms with Crippen molar-refractivity contribution in [1.29, 1.82) is 0 Å². The molecule has 0 aliphatic rings. The van der Waals surface area contributed by atoms with E-state index in [0.717, 1.165) is 22.4 Å². The second kappa shape index (κ2) is 6.96. The predicted molar refractivity (Wildman–Crippen MR) is 95.8 cm³/mol. The van der Waals surface area contributed by atoms with Crippen molar-refractivity contribution >= 4 is 47.4 Å². The Labute approximate surface area is 141 Å². The minimum absolute atomic E-state index is 0. The summed E-state index contributed by atoms with van der Waals surface area (Å²) >= 11 is 0. The number of hydrogen-bond acceptors (Lipinski definition) is 5. The van der Waals surface area contributed by atoms with Crippen LogP contribution in [0.2, 0.25) is 0 Å². The normalized spacial score (nSPS) is 10.3. The van der Waals surface area contributed by atoms with E-state index in [2.05, 4.69) is 35.2 Å². The molecule has 3 aromatic rings. The van der Waals surface area contributed by atoms with Gasteiger partial charge < -0.3 is 15.4 Å². The van der Waals surface area contributed by atoms with E-state index in [1.165, 1.54) is 17.5 Å². The lowest BCUT2D eigenvalue weighted by molar-refractivity contribution is 0.426. The lowest BCUT2D eigenvalue weighted by Crippen LogP contribution is -2.29. The van der Waals surface area contributed by atoms with Crippen LogP contribution < -0.4 is 10.8 Å². The zero-order valence-electron chi connectivity index (χ0n) is 12.8. The molecule has 1 aromatic heterocycles. The molecule has 0 atom stereocenters. The molecule has 0 saturated carbocycles. The first kappa shape index (κ1) is 17.2. The van der Waals surface area contributed by atoms with Crippen LogP contribution in [0.4, 0.5) is 11.5 Å². The minimum Gasteiger partial charge on any atom is -0.423 e. The number of nitrogens with zero attached hydrogens (tertiary/aromatic N) is 2. The first-order chi connectivity index (χ1) is 10.5. The van der Waals surface area contributed by atoms with Crippen molar-refractivity contribution in [2.45, 2.75) is 13.8 Å². The van der Waals surface area contributed by atoms with Crippen LogP contribution in [0.1, 0.15) is 11.1 Å². The van der Waals surface area contributed by atoms with Gasteiger partial charge in [0.2, 0.25) is 0 Å². The molecular formula is C16H17BClN3O2. The van der Waals surface area contributed by atoms with Gasteiger partial charge in [-0.25, -0.2) is 9.97 Å². The maximum Gasteiger partial charge on any atom is 0.488 e. The maximum absolute atomic E-state index is 9.12. The van der Waals surface area contributed by atoms with E-state index in [4.69, 9.17) is 10.0 Å². The standard InChI is InChI=1S/C16H16BN3O2.ClH/c1-10-7-14-15(8-11(10)2)18-9-19-16(14)20-13-5-3-12(4-6-13)17(21)22;/h3-9,21-22H,1-2H3,(H,18,19,20);1H. The van der Waals surface area contributed by atoms with Crippen LogP contribution in [-0.2, 0) is 0 Å². The van der Waals surface area contributed by atoms with E-state index in [0.29, 0.717) is 5.46 Å². The van der Waals surface area contributed by atoms with Gasteiger partial charge in [0.15, 0.2) is 0 Å². The molecule has 5 nitrogen and oxygen atoms in total. The van der Waals surface area contributed by atoms with Crippen molar-refractivity contribution in [3.63, 3.8) is 0 Å². The quantitative estimate of drug-likeness (QED) is 0.641. The molecule has 2 aromatic carbocycles. The minimum atomic E-state index is -1.46. The molecule has 0 saturated heterocycles. The fraction of sp³-hybridized carbons (Fsp3) is 0.125. The molecular weight excluding hydrogens is 312 g/mol. The van der Waals surface area contributed by atoms with E-state index >= 15 is 0 Å². The summed E-state index contributed by atoms with van der Waals surface area (Å²) in [4.78, 5) is 8.62. The molecule has 3 rings (SSSR count). The number of aryl methyl sites for hydroxylation is 2. The van der Waals surface area contributed by atoms with Crippen LogP contribution in [0.25, 0.3) is 10.9 Å². The highest BCUT2D eigenvalue weighted by molar-refractivity contribution is 6.58. The van der Waals surface area contributed by atoms with E-state index in [9.17, 15) is 0 Å². The van der Waals surface area contributed by atoms with Crippen molar-refractivity contribution in [1.82, 2.24) is 9.97 Å². The smallest absolute Gasteiger partial charge is 0.423 e. The van der Waals surface area contributed by atoms with Crippen LogP contribution in [-0.4, -0.2) is 27.1 Å². The third kappa shape index (κ3) is 3.61. The number of nitrogens with one attached hydrogen (secondary N) is 1. The first-order valence-corrected chi connectivity index (χ1v) is 6.99. The molecule has 0 amide bonds. The zero-order valence-corrected chi connectivity index (χ0v) is 13.6. The second-order valence-electron chi connectivity index (χ2n) is 5.30. The zero-order chi connectivity index (χ0) is 15.7. The third-order valence-electron chi connectivity index (χ3n) is 3.72. The van der Waals surface area contributed by atoms with Gasteiger partial charge in [-0.05, 0) is 54.7 Å². The molecule has 0 spiro atoms. The summed E-state index contributed by atoms with van der Waals surface area (Å²) in [6, 6.07) is 11.0. The fourth-order valence-corrected chi connectivity index (χ4v) is 2.29. The Balaban J connectivity index is 0.00000192. The molecule has 0 unspecified atom stereocenters. The van der Waals surface area contributed by atoms with Crippen molar-refractivity contribution in [3.05, 3.63) is 53.9 Å². The fourth-order valence-electron chi connectivity index (χ4n) is 2.29. The van der Waals surface area contributed by atoms with Gasteiger partial charge in [-0.15, -0.1) is 12.4 Å². The molecule has 118 valence electrons. The monoisotopic (exact) mass is 329 g/mol. The molecule has 3 N–H and O–H groups in total. The van der Waals surface area contributed by atoms with Gasteiger partial charge in [-0.3, -0.25) is 0 Å². The van der Waals surface area contributed by atoms with Gasteiger partial charge >= 0.3 is 7.12 Å². The average molecular weight is 330 g/mol. The number of benzene rings is 2. The average Bonchev–Trinajstić information content (AvgIpc) is 2.50. The summed E-state index contributed by atoms with van der Waals surface area (Å²) in [5, 5.41) is 22.4. The Morgan fingerprint density at radius 2 is 1.61 bits per heavy atom. The molecule has 0 bridgehead atoms. The van der Waals surface area contributed by atoms with Crippen molar-refractivity contribution in [2.24, 2.45) is 0 Å². The highest BCUT2D eigenvalue weighted by Gasteiger charge is 2.10. The number of halogens is 1. The van der Waals surface area contributed by atoms with E-state index < -0.39 is 7.12 Å². The second-order valence-corrected chi connectivity index (χ2v) is 5.30. The number of hydrogen-bond donors (Lipinski definition) is 3. The van der Waals surface area contributed by atoms with Crippen LogP contribution in [0, 0.1) is 13.8 Å². The van der Waals surface area contributed by atoms with Crippen LogP contribution in [0.5, 0.6) is 0 Å². The molecule has 7 heteroatoms. The Kier molecular flexibility index (Phi) is 5.21. The van der Waals surface area contributed by atoms with Gasteiger partial charge in [0.25, 0.3) is 0 Å². The third-order valence-corrected chi connectivity index (χ3v) is 3.72. The SMILES string of the molecule is Cc1cc2ncnc(Nc3ccc(B(O)O)cc3)c2cc1C.Cl. The summed E-state index contributed by atoms with van der Waals surface area (Å²) in [5.74, 6) is 0.727. The Bertz CT molecular complexity index is 825. The summed E-state index contributed by atoms with van der Waals surface area (Å²) in [6.45, 7) is 4.12. The Hall–Kier alpha value is -2.15. The largest absolute Gasteiger partial charge is 0.488 e. The van der Waals surface area contributed by atoms with E-state index in [-0.39, 0.29) is 12.4 Å². The number of fused-ring (bicyclic) bond motifs is 1. The summed E-state index contributed by atoms with van der Waals surface area (Å²) in [5.41, 5.74) is 4.54. The highest BCUT2D eigenvalue weighted by Crippen LogP contribution is 2.25. The molecule has 0 aliphatic carbocycles. The van der Waals surface area contributed by atoms with Gasteiger partial charge in [0, 0.05) is 11.1 Å².